The summed E-state index contributed by atoms with van der Waals surface area (Å²) >= 11 is 3.98. The van der Waals surface area contributed by atoms with Gasteiger partial charge in [-0.15, -0.1) is 10.2 Å². The summed E-state index contributed by atoms with van der Waals surface area (Å²) in [7, 11) is 0. The van der Waals surface area contributed by atoms with Gasteiger partial charge in [-0.25, -0.2) is 0 Å². The normalized spacial score (nSPS) is 11.1. The van der Waals surface area contributed by atoms with Crippen molar-refractivity contribution >= 4 is 33.9 Å². The van der Waals surface area contributed by atoms with Gasteiger partial charge in [0, 0.05) is 5.92 Å². The molecule has 0 radical (unpaired) electrons. The molecule has 1 aromatic rings. The van der Waals surface area contributed by atoms with Crippen molar-refractivity contribution in [2.75, 3.05) is 0 Å². The smallest absolute Gasteiger partial charge is 0.142 e. The minimum atomic E-state index is 0.649. The van der Waals surface area contributed by atoms with E-state index in [1.807, 2.05) is 0 Å². The van der Waals surface area contributed by atoms with Gasteiger partial charge >= 0.3 is 0 Å². The van der Waals surface area contributed by atoms with E-state index >= 15 is 0 Å². The van der Waals surface area contributed by atoms with E-state index in [1.54, 1.807) is 11.3 Å². The molecule has 0 aromatic carbocycles. The second-order valence-electron chi connectivity index (χ2n) is 3.17. The van der Waals surface area contributed by atoms with Crippen molar-refractivity contribution in [1.82, 2.24) is 10.2 Å². The van der Waals surface area contributed by atoms with Crippen LogP contribution < -0.4 is 0 Å². The van der Waals surface area contributed by atoms with Crippen LogP contribution >= 0.6 is 33.9 Å². The Labute approximate surface area is 97.3 Å². The van der Waals surface area contributed by atoms with Crippen molar-refractivity contribution in [2.24, 2.45) is 0 Å². The Morgan fingerprint density at radius 1 is 1.23 bits per heavy atom. The van der Waals surface area contributed by atoms with Crippen LogP contribution in [0.3, 0.4) is 0 Å². The third-order valence-electron chi connectivity index (χ3n) is 2.04. The average Bonchev–Trinajstić information content (AvgIpc) is 2.51. The van der Waals surface area contributed by atoms with Gasteiger partial charge in [-0.1, -0.05) is 38.0 Å². The second-order valence-corrected chi connectivity index (χ2v) is 5.93. The largest absolute Gasteiger partial charge is 0.178 e. The van der Waals surface area contributed by atoms with E-state index in [0.717, 1.165) is 3.01 Å². The molecule has 0 saturated heterocycles. The zero-order valence-corrected chi connectivity index (χ0v) is 11.1. The molecule has 0 atom stereocenters. The molecule has 0 spiro atoms. The van der Waals surface area contributed by atoms with E-state index in [9.17, 15) is 0 Å². The van der Waals surface area contributed by atoms with Gasteiger partial charge in [-0.3, -0.25) is 0 Å². The molecule has 0 aliphatic rings. The highest BCUT2D eigenvalue weighted by Gasteiger charge is 2.14. The Balaban J connectivity index is 2.63. The maximum absolute atomic E-state index is 4.21. The highest BCUT2D eigenvalue weighted by atomic mass is 127. The molecule has 1 rings (SSSR count). The molecule has 2 nitrogen and oxygen atoms in total. The molecule has 4 heteroatoms. The van der Waals surface area contributed by atoms with Crippen LogP contribution in [0.15, 0.2) is 0 Å². The van der Waals surface area contributed by atoms with Gasteiger partial charge in [0.25, 0.3) is 0 Å². The lowest BCUT2D eigenvalue weighted by Gasteiger charge is -2.10. The van der Waals surface area contributed by atoms with Crippen LogP contribution in [0.4, 0.5) is 0 Å². The summed E-state index contributed by atoms with van der Waals surface area (Å²) < 4.78 is 1.06. The lowest BCUT2D eigenvalue weighted by molar-refractivity contribution is 0.554. The minimum absolute atomic E-state index is 0.649. The summed E-state index contributed by atoms with van der Waals surface area (Å²) in [6, 6.07) is 0. The Bertz CT molecular complexity index is 244. The molecule has 0 saturated carbocycles. The van der Waals surface area contributed by atoms with Gasteiger partial charge in [-0.05, 0) is 35.4 Å². The summed E-state index contributed by atoms with van der Waals surface area (Å²) in [6.45, 7) is 4.46. The van der Waals surface area contributed by atoms with Crippen molar-refractivity contribution in [2.45, 2.75) is 45.4 Å². The summed E-state index contributed by atoms with van der Waals surface area (Å²) in [5, 5.41) is 9.50. The van der Waals surface area contributed by atoms with Crippen molar-refractivity contribution in [3.8, 4) is 0 Å². The van der Waals surface area contributed by atoms with Crippen LogP contribution in [0.1, 0.15) is 50.5 Å². The maximum Gasteiger partial charge on any atom is 0.178 e. The predicted octanol–water partition coefficient (Wildman–Crippen LogP) is 3.83. The SMILES string of the molecule is CCCC(CCC)c1nnc(I)s1. The van der Waals surface area contributed by atoms with Gasteiger partial charge in [0.05, 0.1) is 0 Å². The summed E-state index contributed by atoms with van der Waals surface area (Å²) in [5.74, 6) is 0.649. The number of halogens is 1. The summed E-state index contributed by atoms with van der Waals surface area (Å²) in [5.41, 5.74) is 0. The van der Waals surface area contributed by atoms with E-state index in [1.165, 1.54) is 30.7 Å². The molecule has 0 aliphatic heterocycles. The zero-order valence-electron chi connectivity index (χ0n) is 8.09. The van der Waals surface area contributed by atoms with Gasteiger partial charge < -0.3 is 0 Å². The maximum atomic E-state index is 4.21. The minimum Gasteiger partial charge on any atom is -0.142 e. The third kappa shape index (κ3) is 3.50. The number of rotatable bonds is 5. The quantitative estimate of drug-likeness (QED) is 0.773. The molecule has 0 bridgehead atoms. The molecule has 0 unspecified atom stereocenters. The number of nitrogens with zero attached hydrogens (tertiary/aromatic N) is 2. The first-order valence-corrected chi connectivity index (χ1v) is 6.66. The molecule has 0 amide bonds. The number of hydrogen-bond acceptors (Lipinski definition) is 3. The molecule has 0 fully saturated rings. The van der Waals surface area contributed by atoms with Gasteiger partial charge in [0.2, 0.25) is 0 Å². The molecule has 0 aliphatic carbocycles. The van der Waals surface area contributed by atoms with Gasteiger partial charge in [-0.2, -0.15) is 0 Å². The third-order valence-corrected chi connectivity index (χ3v) is 3.79. The first-order chi connectivity index (χ1) is 6.27. The highest BCUT2D eigenvalue weighted by Crippen LogP contribution is 2.28. The summed E-state index contributed by atoms with van der Waals surface area (Å²) in [4.78, 5) is 0. The Morgan fingerprint density at radius 3 is 2.23 bits per heavy atom. The monoisotopic (exact) mass is 310 g/mol. The van der Waals surface area contributed by atoms with Gasteiger partial charge in [0.15, 0.2) is 3.01 Å². The van der Waals surface area contributed by atoms with Crippen molar-refractivity contribution in [1.29, 1.82) is 0 Å². The Kier molecular flexibility index (Phi) is 5.16. The Morgan fingerprint density at radius 2 is 1.85 bits per heavy atom. The van der Waals surface area contributed by atoms with Crippen LogP contribution in [-0.2, 0) is 0 Å². The van der Waals surface area contributed by atoms with E-state index in [4.69, 9.17) is 0 Å². The molecule has 1 heterocycles. The predicted molar refractivity (Wildman–Crippen MR) is 65.2 cm³/mol. The van der Waals surface area contributed by atoms with Crippen LogP contribution in [0, 0.1) is 3.01 Å². The van der Waals surface area contributed by atoms with Crippen LogP contribution in [0.5, 0.6) is 0 Å². The van der Waals surface area contributed by atoms with E-state index in [0.29, 0.717) is 5.92 Å². The highest BCUT2D eigenvalue weighted by molar-refractivity contribution is 14.1. The van der Waals surface area contributed by atoms with E-state index in [2.05, 4.69) is 46.6 Å². The first-order valence-electron chi connectivity index (χ1n) is 4.76. The van der Waals surface area contributed by atoms with E-state index < -0.39 is 0 Å². The summed E-state index contributed by atoms with van der Waals surface area (Å²) in [6.07, 6.45) is 4.97. The Hall–Kier alpha value is 0.290. The first kappa shape index (κ1) is 11.4. The zero-order chi connectivity index (χ0) is 9.68. The van der Waals surface area contributed by atoms with Crippen molar-refractivity contribution < 1.29 is 0 Å². The lowest BCUT2D eigenvalue weighted by atomic mass is 9.99. The fraction of sp³-hybridized carbons (Fsp3) is 0.778. The second kappa shape index (κ2) is 5.90. The number of hydrogen-bond donors (Lipinski definition) is 0. The fourth-order valence-electron chi connectivity index (χ4n) is 1.47. The molecule has 1 aromatic heterocycles. The van der Waals surface area contributed by atoms with Crippen LogP contribution in [0.25, 0.3) is 0 Å². The van der Waals surface area contributed by atoms with Crippen molar-refractivity contribution in [3.05, 3.63) is 8.02 Å². The topological polar surface area (TPSA) is 25.8 Å². The average molecular weight is 310 g/mol. The standard InChI is InChI=1S/C9H15IN2S/c1-3-5-7(6-4-2)8-11-12-9(10)13-8/h7H,3-6H2,1-2H3. The van der Waals surface area contributed by atoms with E-state index in [-0.39, 0.29) is 0 Å². The molecule has 0 N–H and O–H groups in total. The molecule has 74 valence electrons. The number of aromatic nitrogens is 2. The fourth-order valence-corrected chi connectivity index (χ4v) is 2.99. The van der Waals surface area contributed by atoms with Gasteiger partial charge in [0.1, 0.15) is 5.01 Å². The van der Waals surface area contributed by atoms with Crippen LogP contribution in [0.2, 0.25) is 0 Å². The lowest BCUT2D eigenvalue weighted by Crippen LogP contribution is -1.97. The molecular formula is C9H15IN2S. The van der Waals surface area contributed by atoms with Crippen molar-refractivity contribution in [3.63, 3.8) is 0 Å². The molecule has 13 heavy (non-hydrogen) atoms. The molecular weight excluding hydrogens is 295 g/mol. The van der Waals surface area contributed by atoms with Crippen LogP contribution in [-0.4, -0.2) is 10.2 Å².